The smallest absolute Gasteiger partial charge is 0.146 e. The van der Waals surface area contributed by atoms with Crippen LogP contribution in [0.4, 0.5) is 0 Å². The highest BCUT2D eigenvalue weighted by molar-refractivity contribution is 9.10. The Hall–Kier alpha value is -3.43. The molecule has 0 fully saturated rings. The van der Waals surface area contributed by atoms with E-state index in [1.807, 2.05) is 6.20 Å². The second-order valence-electron chi connectivity index (χ2n) is 9.38. The lowest BCUT2D eigenvalue weighted by atomic mass is 9.82. The minimum absolute atomic E-state index is 0.0229. The molecule has 6 aromatic rings. The van der Waals surface area contributed by atoms with Crippen molar-refractivity contribution in [2.24, 2.45) is 0 Å². The Morgan fingerprint density at radius 3 is 2.27 bits per heavy atom. The van der Waals surface area contributed by atoms with Gasteiger partial charge in [0.15, 0.2) is 0 Å². The first-order valence-electron chi connectivity index (χ1n) is 11.3. The van der Waals surface area contributed by atoms with Crippen molar-refractivity contribution in [3.63, 3.8) is 0 Å². The Morgan fingerprint density at radius 2 is 1.36 bits per heavy atom. The van der Waals surface area contributed by atoms with Gasteiger partial charge in [-0.15, -0.1) is 0 Å². The maximum atomic E-state index is 4.87. The molecule has 4 aromatic carbocycles. The van der Waals surface area contributed by atoms with Crippen LogP contribution in [0.1, 0.15) is 25.0 Å². The normalized spacial score (nSPS) is 14.2. The maximum absolute atomic E-state index is 4.87. The Labute approximate surface area is 200 Å². The molecule has 3 heteroatoms. The number of imidazole rings is 1. The Bertz CT molecular complexity index is 1760. The summed E-state index contributed by atoms with van der Waals surface area (Å²) < 4.78 is 3.19. The van der Waals surface area contributed by atoms with Crippen LogP contribution in [-0.4, -0.2) is 9.38 Å². The van der Waals surface area contributed by atoms with E-state index in [0.717, 1.165) is 15.8 Å². The third-order valence-corrected chi connectivity index (χ3v) is 7.90. The molecular weight excluding hydrogens is 468 g/mol. The van der Waals surface area contributed by atoms with E-state index >= 15 is 0 Å². The molecule has 33 heavy (non-hydrogen) atoms. The standard InChI is InChI=1S/C30H21BrN2/c1-30(2)23-14-5-3-10-22(23)27-20(13-8-15-24(27)30)21-12-7-11-19-18-9-4-6-16-25(18)33-26(31)17-32-29(33)28(19)21/h3-17H,1-2H3. The molecule has 0 aliphatic heterocycles. The summed E-state index contributed by atoms with van der Waals surface area (Å²) in [7, 11) is 0. The van der Waals surface area contributed by atoms with Crippen molar-refractivity contribution in [3.8, 4) is 22.3 Å². The van der Waals surface area contributed by atoms with E-state index in [-0.39, 0.29) is 5.41 Å². The fraction of sp³-hybridized carbons (Fsp3) is 0.100. The van der Waals surface area contributed by atoms with E-state index in [2.05, 4.69) is 119 Å². The van der Waals surface area contributed by atoms with Crippen LogP contribution in [0.3, 0.4) is 0 Å². The molecule has 2 heterocycles. The molecular formula is C30H21BrN2. The predicted molar refractivity (Wildman–Crippen MR) is 141 cm³/mol. The summed E-state index contributed by atoms with van der Waals surface area (Å²) >= 11 is 3.74. The fourth-order valence-corrected chi connectivity index (χ4v) is 6.32. The van der Waals surface area contributed by atoms with Gasteiger partial charge in [0.2, 0.25) is 0 Å². The third-order valence-electron chi connectivity index (χ3n) is 7.34. The van der Waals surface area contributed by atoms with Crippen LogP contribution in [0.15, 0.2) is 95.7 Å². The zero-order valence-electron chi connectivity index (χ0n) is 18.4. The zero-order valence-corrected chi connectivity index (χ0v) is 20.0. The second-order valence-corrected chi connectivity index (χ2v) is 10.2. The summed E-state index contributed by atoms with van der Waals surface area (Å²) in [4.78, 5) is 4.87. The lowest BCUT2D eigenvalue weighted by molar-refractivity contribution is 0.660. The van der Waals surface area contributed by atoms with Gasteiger partial charge in [-0.25, -0.2) is 4.98 Å². The number of rotatable bonds is 1. The van der Waals surface area contributed by atoms with Gasteiger partial charge < -0.3 is 0 Å². The molecule has 0 saturated carbocycles. The van der Waals surface area contributed by atoms with E-state index < -0.39 is 0 Å². The summed E-state index contributed by atoms with van der Waals surface area (Å²) in [5, 5.41) is 3.66. The third kappa shape index (κ3) is 2.41. The van der Waals surface area contributed by atoms with Gasteiger partial charge in [0.05, 0.1) is 11.7 Å². The second kappa shape index (κ2) is 6.55. The molecule has 0 spiro atoms. The maximum Gasteiger partial charge on any atom is 0.146 e. The number of fused-ring (bicyclic) bond motifs is 9. The van der Waals surface area contributed by atoms with Gasteiger partial charge in [-0.1, -0.05) is 92.7 Å². The van der Waals surface area contributed by atoms with Crippen LogP contribution in [-0.2, 0) is 5.41 Å². The molecule has 0 bridgehead atoms. The summed E-state index contributed by atoms with van der Waals surface area (Å²) in [5.41, 5.74) is 10.1. The molecule has 1 aliphatic carbocycles. The van der Waals surface area contributed by atoms with Crippen molar-refractivity contribution in [2.75, 3.05) is 0 Å². The Morgan fingerprint density at radius 1 is 0.697 bits per heavy atom. The number of para-hydroxylation sites is 1. The van der Waals surface area contributed by atoms with Crippen LogP contribution in [0.25, 0.3) is 49.6 Å². The Kier molecular flexibility index (Phi) is 3.79. The zero-order chi connectivity index (χ0) is 22.3. The first-order chi connectivity index (χ1) is 16.1. The SMILES string of the molecule is CC1(C)c2ccccc2-c2c(-c3cccc4c5ccccc5n5c(Br)cnc5c34)cccc21. The van der Waals surface area contributed by atoms with Gasteiger partial charge in [-0.05, 0) is 60.8 Å². The monoisotopic (exact) mass is 488 g/mol. The molecule has 0 unspecified atom stereocenters. The fourth-order valence-electron chi connectivity index (χ4n) is 5.85. The number of hydrogen-bond donors (Lipinski definition) is 0. The van der Waals surface area contributed by atoms with Crippen LogP contribution >= 0.6 is 15.9 Å². The minimum atomic E-state index is -0.0229. The summed E-state index contributed by atoms with van der Waals surface area (Å²) in [6.45, 7) is 4.67. The molecule has 2 aromatic heterocycles. The minimum Gasteiger partial charge on any atom is -0.286 e. The molecule has 7 rings (SSSR count). The summed E-state index contributed by atoms with van der Waals surface area (Å²) in [6.07, 6.45) is 1.91. The van der Waals surface area contributed by atoms with Crippen LogP contribution in [0.5, 0.6) is 0 Å². The lowest BCUT2D eigenvalue weighted by Crippen LogP contribution is -2.14. The molecule has 0 amide bonds. The van der Waals surface area contributed by atoms with Crippen LogP contribution in [0.2, 0.25) is 0 Å². The van der Waals surface area contributed by atoms with Gasteiger partial charge in [-0.3, -0.25) is 4.40 Å². The number of nitrogens with zero attached hydrogens (tertiary/aromatic N) is 2. The van der Waals surface area contributed by atoms with Crippen molar-refractivity contribution >= 4 is 43.3 Å². The van der Waals surface area contributed by atoms with Crippen molar-refractivity contribution in [2.45, 2.75) is 19.3 Å². The molecule has 1 aliphatic rings. The summed E-state index contributed by atoms with van der Waals surface area (Å²) in [6, 6.07) is 30.9. The summed E-state index contributed by atoms with van der Waals surface area (Å²) in [5.74, 6) is 0. The van der Waals surface area contributed by atoms with E-state index in [4.69, 9.17) is 4.98 Å². The van der Waals surface area contributed by atoms with Gasteiger partial charge >= 0.3 is 0 Å². The molecule has 2 nitrogen and oxygen atoms in total. The van der Waals surface area contributed by atoms with E-state index in [1.54, 1.807) is 0 Å². The predicted octanol–water partition coefficient (Wildman–Crippen LogP) is 8.38. The van der Waals surface area contributed by atoms with Crippen molar-refractivity contribution in [1.29, 1.82) is 0 Å². The quantitative estimate of drug-likeness (QED) is 0.212. The van der Waals surface area contributed by atoms with E-state index in [1.165, 1.54) is 49.5 Å². The first kappa shape index (κ1) is 19.1. The van der Waals surface area contributed by atoms with Crippen LogP contribution < -0.4 is 0 Å². The van der Waals surface area contributed by atoms with Gasteiger partial charge in [0.25, 0.3) is 0 Å². The lowest BCUT2D eigenvalue weighted by Gasteiger charge is -2.21. The average molecular weight is 489 g/mol. The molecule has 0 saturated heterocycles. The number of aromatic nitrogens is 2. The highest BCUT2D eigenvalue weighted by atomic mass is 79.9. The largest absolute Gasteiger partial charge is 0.286 e. The number of halogens is 1. The molecule has 0 N–H and O–H groups in total. The van der Waals surface area contributed by atoms with Crippen molar-refractivity contribution in [3.05, 3.63) is 107 Å². The highest BCUT2D eigenvalue weighted by Gasteiger charge is 2.36. The highest BCUT2D eigenvalue weighted by Crippen LogP contribution is 2.53. The van der Waals surface area contributed by atoms with Gasteiger partial charge in [0.1, 0.15) is 10.3 Å². The van der Waals surface area contributed by atoms with Gasteiger partial charge in [0, 0.05) is 16.2 Å². The van der Waals surface area contributed by atoms with Crippen molar-refractivity contribution in [1.82, 2.24) is 9.38 Å². The molecule has 0 atom stereocenters. The average Bonchev–Trinajstić information content (AvgIpc) is 3.35. The Balaban J connectivity index is 1.68. The molecule has 0 radical (unpaired) electrons. The number of benzene rings is 4. The number of hydrogen-bond acceptors (Lipinski definition) is 1. The van der Waals surface area contributed by atoms with E-state index in [0.29, 0.717) is 0 Å². The molecule has 158 valence electrons. The van der Waals surface area contributed by atoms with Crippen LogP contribution in [0, 0.1) is 0 Å². The van der Waals surface area contributed by atoms with Gasteiger partial charge in [-0.2, -0.15) is 0 Å². The van der Waals surface area contributed by atoms with Crippen molar-refractivity contribution < 1.29 is 0 Å². The number of pyridine rings is 1. The van der Waals surface area contributed by atoms with E-state index in [9.17, 15) is 0 Å². The first-order valence-corrected chi connectivity index (χ1v) is 12.1. The topological polar surface area (TPSA) is 17.3 Å².